The van der Waals surface area contributed by atoms with Crippen LogP contribution in [0.5, 0.6) is 5.88 Å². The number of halogens is 1. The molecule has 1 saturated heterocycles. The van der Waals surface area contributed by atoms with Gasteiger partial charge in [0.2, 0.25) is 5.88 Å². The van der Waals surface area contributed by atoms with E-state index in [4.69, 9.17) is 4.74 Å². The van der Waals surface area contributed by atoms with E-state index in [2.05, 4.69) is 26.2 Å². The smallest absolute Gasteiger partial charge is 0.216 e. The molecule has 1 aromatic heterocycles. The maximum atomic E-state index is 5.64. The van der Waals surface area contributed by atoms with Gasteiger partial charge in [0, 0.05) is 29.3 Å². The lowest BCUT2D eigenvalue weighted by Gasteiger charge is -2.27. The van der Waals surface area contributed by atoms with Crippen LogP contribution >= 0.6 is 15.9 Å². The van der Waals surface area contributed by atoms with E-state index >= 15 is 0 Å². The molecule has 2 heterocycles. The second-order valence-electron chi connectivity index (χ2n) is 3.17. The van der Waals surface area contributed by atoms with Crippen LogP contribution in [-0.4, -0.2) is 24.2 Å². The molecule has 0 aromatic carbocycles. The summed E-state index contributed by atoms with van der Waals surface area (Å²) < 4.78 is 6.63. The highest BCUT2D eigenvalue weighted by atomic mass is 79.9. The first-order valence-corrected chi connectivity index (χ1v) is 5.04. The number of aryl methyl sites for hydroxylation is 1. The van der Waals surface area contributed by atoms with E-state index in [1.54, 1.807) is 6.20 Å². The molecule has 0 saturated carbocycles. The molecule has 1 N–H and O–H groups in total. The van der Waals surface area contributed by atoms with Crippen molar-refractivity contribution in [3.63, 3.8) is 0 Å². The predicted octanol–water partition coefficient (Wildman–Crippen LogP) is 1.50. The Morgan fingerprint density at radius 2 is 2.38 bits per heavy atom. The van der Waals surface area contributed by atoms with E-state index in [0.717, 1.165) is 29.0 Å². The van der Waals surface area contributed by atoms with Crippen LogP contribution in [0.15, 0.2) is 16.7 Å². The SMILES string of the molecule is Cc1cc(Br)cnc1OC1CNC1. The van der Waals surface area contributed by atoms with Gasteiger partial charge in [0.15, 0.2) is 0 Å². The van der Waals surface area contributed by atoms with Crippen molar-refractivity contribution in [1.29, 1.82) is 0 Å². The molecule has 0 radical (unpaired) electrons. The summed E-state index contributed by atoms with van der Waals surface area (Å²) in [5.41, 5.74) is 1.07. The van der Waals surface area contributed by atoms with Gasteiger partial charge in [-0.1, -0.05) is 0 Å². The maximum Gasteiger partial charge on any atom is 0.216 e. The first-order valence-electron chi connectivity index (χ1n) is 4.25. The van der Waals surface area contributed by atoms with Gasteiger partial charge in [-0.05, 0) is 28.9 Å². The van der Waals surface area contributed by atoms with Crippen molar-refractivity contribution in [1.82, 2.24) is 10.3 Å². The van der Waals surface area contributed by atoms with E-state index < -0.39 is 0 Å². The first-order chi connectivity index (χ1) is 6.25. The second-order valence-corrected chi connectivity index (χ2v) is 4.09. The molecular weight excluding hydrogens is 232 g/mol. The Labute approximate surface area is 85.6 Å². The molecule has 2 rings (SSSR count). The van der Waals surface area contributed by atoms with Gasteiger partial charge in [-0.25, -0.2) is 4.98 Å². The molecule has 0 atom stereocenters. The molecule has 3 nitrogen and oxygen atoms in total. The van der Waals surface area contributed by atoms with Crippen LogP contribution < -0.4 is 10.1 Å². The predicted molar refractivity (Wildman–Crippen MR) is 54.0 cm³/mol. The third-order valence-electron chi connectivity index (χ3n) is 2.02. The van der Waals surface area contributed by atoms with Crippen LogP contribution in [0.4, 0.5) is 0 Å². The van der Waals surface area contributed by atoms with Crippen molar-refractivity contribution in [3.8, 4) is 5.88 Å². The summed E-state index contributed by atoms with van der Waals surface area (Å²) in [7, 11) is 0. The fourth-order valence-electron chi connectivity index (χ4n) is 1.15. The maximum absolute atomic E-state index is 5.64. The summed E-state index contributed by atoms with van der Waals surface area (Å²) in [6.07, 6.45) is 2.06. The fourth-order valence-corrected chi connectivity index (χ4v) is 1.60. The number of nitrogens with one attached hydrogen (secondary N) is 1. The molecule has 4 heteroatoms. The number of rotatable bonds is 2. The van der Waals surface area contributed by atoms with Crippen LogP contribution in [0.1, 0.15) is 5.56 Å². The van der Waals surface area contributed by atoms with E-state index in [-0.39, 0.29) is 0 Å². The molecule has 1 aromatic rings. The van der Waals surface area contributed by atoms with Crippen molar-refractivity contribution in [2.24, 2.45) is 0 Å². The molecule has 0 unspecified atom stereocenters. The highest BCUT2D eigenvalue weighted by Gasteiger charge is 2.19. The van der Waals surface area contributed by atoms with E-state index in [1.807, 2.05) is 13.0 Å². The third kappa shape index (κ3) is 2.00. The van der Waals surface area contributed by atoms with Crippen molar-refractivity contribution in [2.45, 2.75) is 13.0 Å². The number of pyridine rings is 1. The van der Waals surface area contributed by atoms with Gasteiger partial charge in [-0.2, -0.15) is 0 Å². The molecular formula is C9H11BrN2O. The van der Waals surface area contributed by atoms with Crippen LogP contribution in [0, 0.1) is 6.92 Å². The molecule has 0 spiro atoms. The molecule has 0 bridgehead atoms. The Morgan fingerprint density at radius 1 is 1.62 bits per heavy atom. The Hall–Kier alpha value is -0.610. The summed E-state index contributed by atoms with van der Waals surface area (Å²) in [6.45, 7) is 3.85. The van der Waals surface area contributed by atoms with Crippen molar-refractivity contribution >= 4 is 15.9 Å². The van der Waals surface area contributed by atoms with E-state index in [0.29, 0.717) is 6.10 Å². The lowest BCUT2D eigenvalue weighted by Crippen LogP contribution is -2.50. The average molecular weight is 243 g/mol. The topological polar surface area (TPSA) is 34.1 Å². The van der Waals surface area contributed by atoms with Gasteiger partial charge in [0.05, 0.1) is 0 Å². The zero-order valence-electron chi connectivity index (χ0n) is 7.38. The standard InChI is InChI=1S/C9H11BrN2O/c1-6-2-7(10)3-12-9(6)13-8-4-11-5-8/h2-3,8,11H,4-5H2,1H3. The number of ether oxygens (including phenoxy) is 1. The van der Waals surface area contributed by atoms with E-state index in [9.17, 15) is 0 Å². The zero-order chi connectivity index (χ0) is 9.26. The van der Waals surface area contributed by atoms with Crippen LogP contribution in [0.25, 0.3) is 0 Å². The van der Waals surface area contributed by atoms with Gasteiger partial charge >= 0.3 is 0 Å². The molecule has 70 valence electrons. The Morgan fingerprint density at radius 3 is 2.92 bits per heavy atom. The Kier molecular flexibility index (Phi) is 2.51. The van der Waals surface area contributed by atoms with Crippen molar-refractivity contribution in [3.05, 3.63) is 22.3 Å². The number of aromatic nitrogens is 1. The number of hydrogen-bond acceptors (Lipinski definition) is 3. The molecule has 0 aliphatic carbocycles. The minimum Gasteiger partial charge on any atom is -0.471 e. The fraction of sp³-hybridized carbons (Fsp3) is 0.444. The van der Waals surface area contributed by atoms with Crippen molar-refractivity contribution in [2.75, 3.05) is 13.1 Å². The second kappa shape index (κ2) is 3.64. The van der Waals surface area contributed by atoms with Crippen LogP contribution in [0.3, 0.4) is 0 Å². The minimum atomic E-state index is 0.298. The molecule has 1 aliphatic rings. The molecule has 1 aliphatic heterocycles. The highest BCUT2D eigenvalue weighted by Crippen LogP contribution is 2.20. The van der Waals surface area contributed by atoms with Crippen molar-refractivity contribution < 1.29 is 4.74 Å². The number of nitrogens with zero attached hydrogens (tertiary/aromatic N) is 1. The third-order valence-corrected chi connectivity index (χ3v) is 2.45. The quantitative estimate of drug-likeness (QED) is 0.854. The largest absolute Gasteiger partial charge is 0.471 e. The van der Waals surface area contributed by atoms with Crippen LogP contribution in [-0.2, 0) is 0 Å². The van der Waals surface area contributed by atoms with Gasteiger partial charge in [0.25, 0.3) is 0 Å². The summed E-state index contributed by atoms with van der Waals surface area (Å²) >= 11 is 3.36. The summed E-state index contributed by atoms with van der Waals surface area (Å²) in [5.74, 6) is 0.745. The summed E-state index contributed by atoms with van der Waals surface area (Å²) in [4.78, 5) is 4.20. The lowest BCUT2D eigenvalue weighted by molar-refractivity contribution is 0.135. The molecule has 0 amide bonds. The van der Waals surface area contributed by atoms with Gasteiger partial charge in [-0.3, -0.25) is 0 Å². The molecule has 1 fully saturated rings. The number of hydrogen-bond donors (Lipinski definition) is 1. The highest BCUT2D eigenvalue weighted by molar-refractivity contribution is 9.10. The minimum absolute atomic E-state index is 0.298. The lowest BCUT2D eigenvalue weighted by atomic mass is 10.2. The van der Waals surface area contributed by atoms with Crippen LogP contribution in [0.2, 0.25) is 0 Å². The van der Waals surface area contributed by atoms with Gasteiger partial charge in [0.1, 0.15) is 6.10 Å². The van der Waals surface area contributed by atoms with E-state index in [1.165, 1.54) is 0 Å². The monoisotopic (exact) mass is 242 g/mol. The Bertz CT molecular complexity index is 312. The zero-order valence-corrected chi connectivity index (χ0v) is 8.97. The summed E-state index contributed by atoms with van der Waals surface area (Å²) in [6, 6.07) is 2.01. The average Bonchev–Trinajstić information content (AvgIpc) is 1.99. The Balaban J connectivity index is 2.10. The first kappa shape index (κ1) is 8.97. The summed E-state index contributed by atoms with van der Waals surface area (Å²) in [5, 5.41) is 3.15. The molecule has 13 heavy (non-hydrogen) atoms. The van der Waals surface area contributed by atoms with Gasteiger partial charge in [-0.15, -0.1) is 0 Å². The van der Waals surface area contributed by atoms with Gasteiger partial charge < -0.3 is 10.1 Å². The normalized spacial score (nSPS) is 16.8.